The van der Waals surface area contributed by atoms with Crippen molar-refractivity contribution in [3.8, 4) is 0 Å². The minimum atomic E-state index is -1.47. The number of benzene rings is 1. The summed E-state index contributed by atoms with van der Waals surface area (Å²) in [6.45, 7) is 0. The maximum Gasteiger partial charge on any atom is 0.322 e. The largest absolute Gasteiger partial charge is 0.480 e. The van der Waals surface area contributed by atoms with Gasteiger partial charge in [-0.3, -0.25) is 9.59 Å². The summed E-state index contributed by atoms with van der Waals surface area (Å²) < 4.78 is 0. The SMILES string of the molecule is Cl.O=C(O)C(C(=O)O)c1ccccc1. The lowest BCUT2D eigenvalue weighted by molar-refractivity contribution is -0.150. The molecule has 14 heavy (non-hydrogen) atoms. The van der Waals surface area contributed by atoms with E-state index in [1.165, 1.54) is 12.1 Å². The molecule has 0 aliphatic carbocycles. The first-order valence-corrected chi connectivity index (χ1v) is 3.63. The molecule has 4 nitrogen and oxygen atoms in total. The molecule has 0 saturated carbocycles. The van der Waals surface area contributed by atoms with Crippen LogP contribution in [0.4, 0.5) is 0 Å². The van der Waals surface area contributed by atoms with Gasteiger partial charge in [-0.1, -0.05) is 30.3 Å². The third-order valence-corrected chi connectivity index (χ3v) is 1.63. The highest BCUT2D eigenvalue weighted by molar-refractivity contribution is 5.98. The quantitative estimate of drug-likeness (QED) is 0.749. The van der Waals surface area contributed by atoms with Crippen LogP contribution in [0.1, 0.15) is 11.5 Å². The van der Waals surface area contributed by atoms with E-state index in [-0.39, 0.29) is 18.0 Å². The van der Waals surface area contributed by atoms with Gasteiger partial charge in [-0.25, -0.2) is 0 Å². The molecule has 0 atom stereocenters. The zero-order chi connectivity index (χ0) is 9.84. The summed E-state index contributed by atoms with van der Waals surface area (Å²) in [5.74, 6) is -4.17. The van der Waals surface area contributed by atoms with Gasteiger partial charge in [-0.2, -0.15) is 0 Å². The summed E-state index contributed by atoms with van der Waals surface area (Å²) >= 11 is 0. The van der Waals surface area contributed by atoms with Crippen LogP contribution in [-0.4, -0.2) is 22.2 Å². The molecule has 0 unspecified atom stereocenters. The smallest absolute Gasteiger partial charge is 0.322 e. The number of aliphatic carboxylic acids is 2. The van der Waals surface area contributed by atoms with Crippen molar-refractivity contribution in [1.82, 2.24) is 0 Å². The molecule has 0 aliphatic rings. The molecule has 0 aliphatic heterocycles. The van der Waals surface area contributed by atoms with Crippen molar-refractivity contribution >= 4 is 24.3 Å². The molecule has 1 aromatic rings. The Kier molecular flexibility index (Phi) is 4.66. The molecular weight excluding hydrogens is 208 g/mol. The Bertz CT molecular complexity index is 309. The molecule has 0 amide bonds. The average Bonchev–Trinajstić information content (AvgIpc) is 2.04. The van der Waals surface area contributed by atoms with Crippen molar-refractivity contribution in [3.63, 3.8) is 0 Å². The Balaban J connectivity index is 0.00000169. The monoisotopic (exact) mass is 216 g/mol. The Morgan fingerprint density at radius 3 is 1.79 bits per heavy atom. The Labute approximate surface area is 86.6 Å². The lowest BCUT2D eigenvalue weighted by Gasteiger charge is -2.06. The van der Waals surface area contributed by atoms with E-state index >= 15 is 0 Å². The van der Waals surface area contributed by atoms with Crippen LogP contribution in [0.25, 0.3) is 0 Å². The highest BCUT2D eigenvalue weighted by atomic mass is 35.5. The van der Waals surface area contributed by atoms with Gasteiger partial charge in [0.15, 0.2) is 5.92 Å². The van der Waals surface area contributed by atoms with Crippen LogP contribution in [0.5, 0.6) is 0 Å². The van der Waals surface area contributed by atoms with Gasteiger partial charge in [0.05, 0.1) is 0 Å². The number of halogens is 1. The number of hydrogen-bond acceptors (Lipinski definition) is 2. The van der Waals surface area contributed by atoms with Crippen molar-refractivity contribution in [3.05, 3.63) is 35.9 Å². The first kappa shape index (κ1) is 12.4. The predicted octanol–water partition coefficient (Wildman–Crippen LogP) is 1.36. The van der Waals surface area contributed by atoms with Gasteiger partial charge in [-0.05, 0) is 5.56 Å². The first-order valence-electron chi connectivity index (χ1n) is 3.63. The predicted molar refractivity (Wildman–Crippen MR) is 51.7 cm³/mol. The Morgan fingerprint density at radius 1 is 1.00 bits per heavy atom. The van der Waals surface area contributed by atoms with Gasteiger partial charge in [0.25, 0.3) is 0 Å². The molecular formula is C9H9ClO4. The van der Waals surface area contributed by atoms with Gasteiger partial charge in [0.2, 0.25) is 0 Å². The molecule has 1 rings (SSSR count). The normalized spacial score (nSPS) is 9.21. The van der Waals surface area contributed by atoms with Crippen LogP contribution in [-0.2, 0) is 9.59 Å². The summed E-state index contributed by atoms with van der Waals surface area (Å²) in [4.78, 5) is 21.1. The lowest BCUT2D eigenvalue weighted by Crippen LogP contribution is -2.20. The Morgan fingerprint density at radius 2 is 1.43 bits per heavy atom. The fourth-order valence-corrected chi connectivity index (χ4v) is 1.04. The highest BCUT2D eigenvalue weighted by Crippen LogP contribution is 2.15. The maximum atomic E-state index is 10.6. The number of carbonyl (C=O) groups is 2. The Hall–Kier alpha value is -1.55. The van der Waals surface area contributed by atoms with Crippen molar-refractivity contribution in [2.45, 2.75) is 5.92 Å². The summed E-state index contributed by atoms with van der Waals surface area (Å²) in [7, 11) is 0. The maximum absolute atomic E-state index is 10.6. The van der Waals surface area contributed by atoms with Crippen LogP contribution in [0.3, 0.4) is 0 Å². The van der Waals surface area contributed by atoms with Gasteiger partial charge >= 0.3 is 11.9 Å². The van der Waals surface area contributed by atoms with E-state index in [1.807, 2.05) is 0 Å². The van der Waals surface area contributed by atoms with Gasteiger partial charge in [-0.15, -0.1) is 12.4 Å². The van der Waals surface area contributed by atoms with E-state index < -0.39 is 17.9 Å². The molecule has 76 valence electrons. The standard InChI is InChI=1S/C9H8O4.ClH/c10-8(11)7(9(12)13)6-4-2-1-3-5-6;/h1-5,7H,(H,10,11)(H,12,13);1H. The molecule has 0 saturated heterocycles. The second-order valence-electron chi connectivity index (χ2n) is 2.52. The first-order chi connectivity index (χ1) is 6.13. The minimum absolute atomic E-state index is 0. The second-order valence-corrected chi connectivity index (χ2v) is 2.52. The number of carboxylic acids is 2. The molecule has 0 bridgehead atoms. The summed E-state index contributed by atoms with van der Waals surface area (Å²) in [5, 5.41) is 17.2. The molecule has 0 spiro atoms. The van der Waals surface area contributed by atoms with Crippen LogP contribution in [0.15, 0.2) is 30.3 Å². The topological polar surface area (TPSA) is 74.6 Å². The number of rotatable bonds is 3. The van der Waals surface area contributed by atoms with Crippen LogP contribution < -0.4 is 0 Å². The van der Waals surface area contributed by atoms with E-state index in [9.17, 15) is 9.59 Å². The summed E-state index contributed by atoms with van der Waals surface area (Å²) in [5.41, 5.74) is 0.280. The van der Waals surface area contributed by atoms with E-state index in [0.29, 0.717) is 0 Å². The van der Waals surface area contributed by atoms with Crippen LogP contribution in [0.2, 0.25) is 0 Å². The van der Waals surface area contributed by atoms with E-state index in [0.717, 1.165) is 0 Å². The zero-order valence-corrected chi connectivity index (χ0v) is 7.90. The van der Waals surface area contributed by atoms with Gasteiger partial charge in [0, 0.05) is 0 Å². The molecule has 0 radical (unpaired) electrons. The average molecular weight is 217 g/mol. The fourth-order valence-electron chi connectivity index (χ4n) is 1.04. The van der Waals surface area contributed by atoms with E-state index in [2.05, 4.69) is 0 Å². The van der Waals surface area contributed by atoms with Gasteiger partial charge < -0.3 is 10.2 Å². The van der Waals surface area contributed by atoms with Gasteiger partial charge in [0.1, 0.15) is 0 Å². The van der Waals surface area contributed by atoms with Crippen molar-refractivity contribution in [2.75, 3.05) is 0 Å². The minimum Gasteiger partial charge on any atom is -0.480 e. The van der Waals surface area contributed by atoms with E-state index in [1.54, 1.807) is 18.2 Å². The third kappa shape index (κ3) is 2.74. The fraction of sp³-hybridized carbons (Fsp3) is 0.111. The third-order valence-electron chi connectivity index (χ3n) is 1.63. The molecule has 0 aromatic heterocycles. The summed E-state index contributed by atoms with van der Waals surface area (Å²) in [6.07, 6.45) is 0. The van der Waals surface area contributed by atoms with Crippen molar-refractivity contribution in [2.24, 2.45) is 0 Å². The van der Waals surface area contributed by atoms with E-state index in [4.69, 9.17) is 10.2 Å². The van der Waals surface area contributed by atoms with Crippen molar-refractivity contribution < 1.29 is 19.8 Å². The molecule has 5 heteroatoms. The molecule has 2 N–H and O–H groups in total. The van der Waals surface area contributed by atoms with Crippen LogP contribution >= 0.6 is 12.4 Å². The molecule has 0 heterocycles. The number of hydrogen-bond donors (Lipinski definition) is 2. The summed E-state index contributed by atoms with van der Waals surface area (Å²) in [6, 6.07) is 7.87. The number of carboxylic acid groups (broad SMARTS) is 2. The second kappa shape index (κ2) is 5.24. The highest BCUT2D eigenvalue weighted by Gasteiger charge is 2.27. The van der Waals surface area contributed by atoms with Crippen molar-refractivity contribution in [1.29, 1.82) is 0 Å². The molecule has 0 fully saturated rings. The zero-order valence-electron chi connectivity index (χ0n) is 7.08. The lowest BCUT2D eigenvalue weighted by atomic mass is 10.00. The molecule has 1 aromatic carbocycles. The van der Waals surface area contributed by atoms with Crippen LogP contribution in [0, 0.1) is 0 Å².